The lowest BCUT2D eigenvalue weighted by Gasteiger charge is -2.11. The van der Waals surface area contributed by atoms with Gasteiger partial charge in [0.1, 0.15) is 45.2 Å². The van der Waals surface area contributed by atoms with Crippen molar-refractivity contribution in [2.75, 3.05) is 0 Å². The van der Waals surface area contributed by atoms with Crippen molar-refractivity contribution in [1.29, 1.82) is 21.0 Å². The van der Waals surface area contributed by atoms with E-state index in [2.05, 4.69) is 0 Å². The predicted octanol–water partition coefficient (Wildman–Crippen LogP) is 8.40. The average molecular weight is 839 g/mol. The summed E-state index contributed by atoms with van der Waals surface area (Å²) in [6.07, 6.45) is 0. The number of fused-ring (bicyclic) bond motifs is 6. The monoisotopic (exact) mass is 838 g/mol. The van der Waals surface area contributed by atoms with Gasteiger partial charge in [-0.05, 0) is 80.9 Å². The average Bonchev–Trinajstić information content (AvgIpc) is 3.69. The molecule has 5 aromatic carbocycles. The second kappa shape index (κ2) is 13.2. The summed E-state index contributed by atoms with van der Waals surface area (Å²) in [5.41, 5.74) is -2.71. The van der Waals surface area contributed by atoms with Gasteiger partial charge in [0.25, 0.3) is 0 Å². The molecule has 0 fully saturated rings. The molecule has 0 radical (unpaired) electrons. The SMILES string of the molecule is N#CC(C#N)=C1c2cc(S(=O)(=O)c3c(F)c(F)c(F)c(F)c3F)ccc2-c2cc3c(cc21)C(=C(C#N)C#N)c1cc(S(=O)(=O)c2c(F)c(F)c(F)c(F)c2F)ccc1-3. The Bertz CT molecular complexity index is 3010. The number of halogens is 10. The fourth-order valence-electron chi connectivity index (χ4n) is 6.70. The summed E-state index contributed by atoms with van der Waals surface area (Å²) in [5.74, 6) is -26.2. The molecule has 0 saturated carbocycles. The number of nitriles is 4. The Morgan fingerprint density at radius 3 is 0.914 bits per heavy atom. The molecule has 0 saturated heterocycles. The number of nitrogens with zero attached hydrogens (tertiary/aromatic N) is 4. The van der Waals surface area contributed by atoms with Gasteiger partial charge in [-0.2, -0.15) is 21.0 Å². The van der Waals surface area contributed by atoms with E-state index in [9.17, 15) is 81.8 Å². The van der Waals surface area contributed by atoms with E-state index in [1.54, 1.807) is 24.3 Å². The molecule has 0 N–H and O–H groups in total. The molecular formula is C38H8F10N4O4S2. The number of allylic oxidation sites excluding steroid dienone is 2. The van der Waals surface area contributed by atoms with Crippen LogP contribution in [0.1, 0.15) is 22.3 Å². The van der Waals surface area contributed by atoms with Crippen LogP contribution in [0.5, 0.6) is 0 Å². The molecule has 0 bridgehead atoms. The first-order chi connectivity index (χ1) is 27.3. The number of hydrogen-bond donors (Lipinski definition) is 0. The summed E-state index contributed by atoms with van der Waals surface area (Å²) in [4.78, 5) is -6.49. The highest BCUT2D eigenvalue weighted by atomic mass is 32.2. The van der Waals surface area contributed by atoms with Crippen LogP contribution < -0.4 is 0 Å². The highest BCUT2D eigenvalue weighted by molar-refractivity contribution is 7.91. The molecule has 0 heterocycles. The molecule has 0 aromatic heterocycles. The van der Waals surface area contributed by atoms with Crippen LogP contribution in [0.15, 0.2) is 79.3 Å². The van der Waals surface area contributed by atoms with E-state index < -0.39 is 109 Å². The van der Waals surface area contributed by atoms with Crippen LogP contribution in [0.3, 0.4) is 0 Å². The maximum Gasteiger partial charge on any atom is 0.212 e. The smallest absolute Gasteiger partial charge is 0.212 e. The van der Waals surface area contributed by atoms with Crippen molar-refractivity contribution < 1.29 is 60.7 Å². The van der Waals surface area contributed by atoms with Gasteiger partial charge >= 0.3 is 0 Å². The van der Waals surface area contributed by atoms with Crippen LogP contribution in [-0.2, 0) is 19.7 Å². The molecule has 58 heavy (non-hydrogen) atoms. The first-order valence-corrected chi connectivity index (χ1v) is 18.4. The third-order valence-corrected chi connectivity index (χ3v) is 12.8. The summed E-state index contributed by atoms with van der Waals surface area (Å²) >= 11 is 0. The van der Waals surface area contributed by atoms with Crippen molar-refractivity contribution in [3.63, 3.8) is 0 Å². The highest BCUT2D eigenvalue weighted by Crippen LogP contribution is 2.54. The molecule has 286 valence electrons. The summed E-state index contributed by atoms with van der Waals surface area (Å²) in [5, 5.41) is 39.6. The Kier molecular flexibility index (Phi) is 8.85. The number of sulfone groups is 2. The van der Waals surface area contributed by atoms with Crippen molar-refractivity contribution in [3.8, 4) is 46.5 Å². The largest absolute Gasteiger partial charge is 0.218 e. The normalized spacial score (nSPS) is 12.4. The summed E-state index contributed by atoms with van der Waals surface area (Å²) in [7, 11) is -11.2. The van der Waals surface area contributed by atoms with Gasteiger partial charge in [0.2, 0.25) is 31.3 Å². The fourth-order valence-corrected chi connectivity index (χ4v) is 9.52. The molecule has 7 rings (SSSR count). The topological polar surface area (TPSA) is 163 Å². The van der Waals surface area contributed by atoms with Crippen molar-refractivity contribution >= 4 is 30.8 Å². The van der Waals surface area contributed by atoms with Gasteiger partial charge < -0.3 is 0 Å². The van der Waals surface area contributed by atoms with E-state index in [0.717, 1.165) is 24.3 Å². The van der Waals surface area contributed by atoms with Gasteiger partial charge in [0, 0.05) is 11.1 Å². The van der Waals surface area contributed by atoms with Gasteiger partial charge in [0.05, 0.1) is 9.79 Å². The summed E-state index contributed by atoms with van der Waals surface area (Å²) < 4.78 is 196. The van der Waals surface area contributed by atoms with E-state index in [-0.39, 0.29) is 55.7 Å². The standard InChI is InChI=1S/C38H8F10N4O4S2/c39-27-29(41)33(45)37(34(46)30(27)42)57(53,54)15-1-3-17-19-7-20-18-4-2-16(58(55,56)38-35(47)31(43)28(40)32(44)36(38)48)6-22(18)26(14(11-51)12-52)24(20)8-23(19)25(21(17)5-15)13(9-49)10-50/h1-8H. The highest BCUT2D eigenvalue weighted by Gasteiger charge is 2.39. The van der Waals surface area contributed by atoms with Crippen LogP contribution in [0.4, 0.5) is 43.9 Å². The molecule has 0 aliphatic heterocycles. The van der Waals surface area contributed by atoms with Crippen LogP contribution in [0, 0.1) is 103 Å². The van der Waals surface area contributed by atoms with E-state index in [4.69, 9.17) is 0 Å². The Morgan fingerprint density at radius 2 is 0.621 bits per heavy atom. The molecule has 0 atom stereocenters. The van der Waals surface area contributed by atoms with Crippen molar-refractivity contribution in [2.24, 2.45) is 0 Å². The van der Waals surface area contributed by atoms with Gasteiger partial charge in [-0.15, -0.1) is 0 Å². The maximum absolute atomic E-state index is 14.7. The molecule has 0 unspecified atom stereocenters. The zero-order chi connectivity index (χ0) is 42.5. The lowest BCUT2D eigenvalue weighted by Crippen LogP contribution is -2.13. The molecule has 5 aromatic rings. The maximum atomic E-state index is 14.7. The zero-order valence-corrected chi connectivity index (χ0v) is 29.3. The first kappa shape index (κ1) is 39.0. The van der Waals surface area contributed by atoms with Gasteiger partial charge in [-0.3, -0.25) is 0 Å². The fraction of sp³-hybridized carbons (Fsp3) is 0. The molecule has 0 spiro atoms. The van der Waals surface area contributed by atoms with Crippen LogP contribution in [0.2, 0.25) is 0 Å². The minimum atomic E-state index is -5.58. The number of rotatable bonds is 4. The third-order valence-electron chi connectivity index (χ3n) is 9.24. The minimum absolute atomic E-state index is 0.0115. The van der Waals surface area contributed by atoms with Gasteiger partial charge in [-0.1, -0.05) is 12.1 Å². The molecular weight excluding hydrogens is 831 g/mol. The van der Waals surface area contributed by atoms with Crippen molar-refractivity contribution in [1.82, 2.24) is 0 Å². The zero-order valence-electron chi connectivity index (χ0n) is 27.6. The second-order valence-electron chi connectivity index (χ2n) is 12.1. The molecule has 8 nitrogen and oxygen atoms in total. The lowest BCUT2D eigenvalue weighted by atomic mass is 9.93. The van der Waals surface area contributed by atoms with E-state index in [1.807, 2.05) is 0 Å². The lowest BCUT2D eigenvalue weighted by molar-refractivity contribution is 0.357. The Hall–Kier alpha value is -7.26. The Balaban J connectivity index is 1.48. The second-order valence-corrected chi connectivity index (χ2v) is 15.9. The summed E-state index contributed by atoms with van der Waals surface area (Å²) in [6.45, 7) is 0. The van der Waals surface area contributed by atoms with Crippen molar-refractivity contribution in [2.45, 2.75) is 19.6 Å². The molecule has 0 amide bonds. The number of benzene rings is 5. The number of hydrogen-bond acceptors (Lipinski definition) is 8. The van der Waals surface area contributed by atoms with Crippen LogP contribution >= 0.6 is 0 Å². The van der Waals surface area contributed by atoms with Gasteiger partial charge in [0.15, 0.2) is 46.5 Å². The first-order valence-electron chi connectivity index (χ1n) is 15.4. The van der Waals surface area contributed by atoms with E-state index in [0.29, 0.717) is 12.1 Å². The van der Waals surface area contributed by atoms with Crippen LogP contribution in [0.25, 0.3) is 33.4 Å². The molecule has 2 aliphatic carbocycles. The molecule has 20 heteroatoms. The minimum Gasteiger partial charge on any atom is -0.218 e. The van der Waals surface area contributed by atoms with Crippen molar-refractivity contribution in [3.05, 3.63) is 140 Å². The predicted molar refractivity (Wildman–Crippen MR) is 175 cm³/mol. The molecule has 2 aliphatic rings. The Labute approximate surface area is 318 Å². The Morgan fingerprint density at radius 1 is 0.362 bits per heavy atom. The van der Waals surface area contributed by atoms with Crippen LogP contribution in [-0.4, -0.2) is 16.8 Å². The summed E-state index contributed by atoms with van der Waals surface area (Å²) in [6, 6.07) is 13.8. The van der Waals surface area contributed by atoms with E-state index in [1.165, 1.54) is 12.1 Å². The van der Waals surface area contributed by atoms with E-state index >= 15 is 0 Å². The third kappa shape index (κ3) is 5.16. The van der Waals surface area contributed by atoms with Gasteiger partial charge in [-0.25, -0.2) is 60.7 Å². The quantitative estimate of drug-likeness (QED) is 0.0561.